The second-order valence-electron chi connectivity index (χ2n) is 5.66. The largest absolute Gasteiger partial charge is 0.443 e. The lowest BCUT2D eigenvalue weighted by atomic mass is 10.1. The van der Waals surface area contributed by atoms with Gasteiger partial charge in [-0.3, -0.25) is 4.79 Å². The van der Waals surface area contributed by atoms with E-state index in [-0.39, 0.29) is 5.91 Å². The molecule has 5 nitrogen and oxygen atoms in total. The van der Waals surface area contributed by atoms with Gasteiger partial charge in [-0.2, -0.15) is 0 Å². The maximum Gasteiger partial charge on any atom is 0.417 e. The zero-order valence-corrected chi connectivity index (χ0v) is 11.8. The highest BCUT2D eigenvalue weighted by molar-refractivity contribution is 6.03. The smallest absolute Gasteiger partial charge is 0.417 e. The average molecular weight is 254 g/mol. The van der Waals surface area contributed by atoms with E-state index in [1.165, 1.54) is 4.90 Å². The number of amides is 2. The first-order chi connectivity index (χ1) is 8.20. The van der Waals surface area contributed by atoms with Gasteiger partial charge in [-0.1, -0.05) is 0 Å². The normalized spacial score (nSPS) is 19.1. The number of nitrogens with zero attached hydrogens (tertiary/aromatic N) is 2. The third kappa shape index (κ3) is 4.05. The van der Waals surface area contributed by atoms with Crippen molar-refractivity contribution >= 4 is 12.0 Å². The molecule has 0 saturated carbocycles. The van der Waals surface area contributed by atoms with E-state index in [0.29, 0.717) is 18.5 Å². The van der Waals surface area contributed by atoms with Crippen LogP contribution in [0.15, 0.2) is 11.8 Å². The number of piperidine rings is 1. The quantitative estimate of drug-likeness (QED) is 0.671. The fourth-order valence-corrected chi connectivity index (χ4v) is 1.73. The Hall–Kier alpha value is -1.52. The Labute approximate surface area is 108 Å². The summed E-state index contributed by atoms with van der Waals surface area (Å²) in [5, 5.41) is 0. The molecule has 1 saturated heterocycles. The van der Waals surface area contributed by atoms with Crippen molar-refractivity contribution in [2.24, 2.45) is 0 Å². The molecule has 2 amide bonds. The second kappa shape index (κ2) is 5.42. The van der Waals surface area contributed by atoms with Gasteiger partial charge in [0.1, 0.15) is 5.60 Å². The summed E-state index contributed by atoms with van der Waals surface area (Å²) in [7, 11) is 3.71. The molecule has 1 rings (SSSR count). The van der Waals surface area contributed by atoms with Gasteiger partial charge < -0.3 is 9.64 Å². The van der Waals surface area contributed by atoms with Crippen LogP contribution in [0.4, 0.5) is 4.79 Å². The molecule has 0 aromatic carbocycles. The van der Waals surface area contributed by atoms with Crippen LogP contribution in [0, 0.1) is 0 Å². The molecule has 0 radical (unpaired) electrons. The first kappa shape index (κ1) is 14.5. The Balaban J connectivity index is 2.78. The molecule has 0 unspecified atom stereocenters. The molecule has 102 valence electrons. The third-order valence-corrected chi connectivity index (χ3v) is 2.38. The number of hydrogen-bond donors (Lipinski definition) is 0. The maximum absolute atomic E-state index is 12.1. The minimum Gasteiger partial charge on any atom is -0.443 e. The standard InChI is InChI=1S/C13H22N2O3/c1-13(2,3)18-12(17)15-8-6-7-10(11(15)16)9-14(4)5/h9H,6-8H2,1-5H3. The predicted molar refractivity (Wildman–Crippen MR) is 69.0 cm³/mol. The van der Waals surface area contributed by atoms with Gasteiger partial charge >= 0.3 is 6.09 Å². The van der Waals surface area contributed by atoms with Gasteiger partial charge in [0.2, 0.25) is 0 Å². The number of rotatable bonds is 1. The molecule has 1 heterocycles. The average Bonchev–Trinajstić information content (AvgIpc) is 2.17. The summed E-state index contributed by atoms with van der Waals surface area (Å²) in [6.45, 7) is 5.79. The Morgan fingerprint density at radius 3 is 2.50 bits per heavy atom. The van der Waals surface area contributed by atoms with Crippen molar-refractivity contribution in [3.8, 4) is 0 Å². The summed E-state index contributed by atoms with van der Waals surface area (Å²) in [5.41, 5.74) is 0.0670. The highest BCUT2D eigenvalue weighted by Crippen LogP contribution is 2.20. The van der Waals surface area contributed by atoms with E-state index in [1.54, 1.807) is 27.0 Å². The molecule has 5 heteroatoms. The van der Waals surface area contributed by atoms with Crippen LogP contribution in [0.2, 0.25) is 0 Å². The van der Waals surface area contributed by atoms with Crippen molar-refractivity contribution < 1.29 is 14.3 Å². The molecule has 0 spiro atoms. The Bertz CT molecular complexity index is 367. The molecular weight excluding hydrogens is 232 g/mol. The number of ether oxygens (including phenoxy) is 1. The summed E-state index contributed by atoms with van der Waals surface area (Å²) in [5.74, 6) is -0.246. The van der Waals surface area contributed by atoms with Crippen molar-refractivity contribution in [1.29, 1.82) is 0 Å². The Morgan fingerprint density at radius 2 is 2.00 bits per heavy atom. The van der Waals surface area contributed by atoms with Gasteiger partial charge in [-0.25, -0.2) is 9.69 Å². The molecule has 1 aliphatic heterocycles. The van der Waals surface area contributed by atoms with Crippen LogP contribution >= 0.6 is 0 Å². The van der Waals surface area contributed by atoms with Gasteiger partial charge in [0.15, 0.2) is 0 Å². The van der Waals surface area contributed by atoms with E-state index in [4.69, 9.17) is 4.74 Å². The lowest BCUT2D eigenvalue weighted by Gasteiger charge is -2.29. The minimum atomic E-state index is -0.583. The fourth-order valence-electron chi connectivity index (χ4n) is 1.73. The Morgan fingerprint density at radius 1 is 1.39 bits per heavy atom. The second-order valence-corrected chi connectivity index (χ2v) is 5.66. The highest BCUT2D eigenvalue weighted by atomic mass is 16.6. The monoisotopic (exact) mass is 254 g/mol. The number of imide groups is 1. The van der Waals surface area contributed by atoms with Crippen LogP contribution in [0.1, 0.15) is 33.6 Å². The number of carbonyl (C=O) groups is 2. The SMILES string of the molecule is CN(C)C=C1CCCN(C(=O)OC(C)(C)C)C1=O. The molecule has 0 atom stereocenters. The third-order valence-electron chi connectivity index (χ3n) is 2.38. The molecule has 18 heavy (non-hydrogen) atoms. The van der Waals surface area contributed by atoms with Crippen LogP contribution < -0.4 is 0 Å². The fraction of sp³-hybridized carbons (Fsp3) is 0.692. The van der Waals surface area contributed by atoms with Gasteiger partial charge in [0.25, 0.3) is 5.91 Å². The topological polar surface area (TPSA) is 49.9 Å². The lowest BCUT2D eigenvalue weighted by Crippen LogP contribution is -2.44. The molecule has 0 aromatic heterocycles. The van der Waals surface area contributed by atoms with Crippen molar-refractivity contribution in [2.45, 2.75) is 39.2 Å². The van der Waals surface area contributed by atoms with E-state index < -0.39 is 11.7 Å². The molecule has 1 aliphatic rings. The summed E-state index contributed by atoms with van der Waals surface area (Å²) in [6.07, 6.45) is 2.69. The van der Waals surface area contributed by atoms with Crippen LogP contribution in [-0.4, -0.2) is 48.0 Å². The van der Waals surface area contributed by atoms with E-state index in [2.05, 4.69) is 0 Å². The van der Waals surface area contributed by atoms with Crippen molar-refractivity contribution in [1.82, 2.24) is 9.80 Å². The molecule has 0 aliphatic carbocycles. The van der Waals surface area contributed by atoms with E-state index >= 15 is 0 Å². The molecule has 0 N–H and O–H groups in total. The Kier molecular flexibility index (Phi) is 4.38. The van der Waals surface area contributed by atoms with E-state index in [9.17, 15) is 9.59 Å². The van der Waals surface area contributed by atoms with Crippen LogP contribution in [0.5, 0.6) is 0 Å². The van der Waals surface area contributed by atoms with Crippen LogP contribution in [-0.2, 0) is 9.53 Å². The summed E-state index contributed by atoms with van der Waals surface area (Å²) in [4.78, 5) is 27.0. The van der Waals surface area contributed by atoms with Crippen molar-refractivity contribution in [3.05, 3.63) is 11.8 Å². The van der Waals surface area contributed by atoms with Crippen LogP contribution in [0.3, 0.4) is 0 Å². The lowest BCUT2D eigenvalue weighted by molar-refractivity contribution is -0.127. The molecular formula is C13H22N2O3. The zero-order valence-electron chi connectivity index (χ0n) is 11.8. The number of carbonyl (C=O) groups excluding carboxylic acids is 2. The predicted octanol–water partition coefficient (Wildman–Crippen LogP) is 1.99. The molecule has 1 fully saturated rings. The maximum atomic E-state index is 12.1. The van der Waals surface area contributed by atoms with E-state index in [1.807, 2.05) is 19.0 Å². The first-order valence-corrected chi connectivity index (χ1v) is 6.12. The van der Waals surface area contributed by atoms with Crippen molar-refractivity contribution in [3.63, 3.8) is 0 Å². The molecule has 0 bridgehead atoms. The first-order valence-electron chi connectivity index (χ1n) is 6.12. The van der Waals surface area contributed by atoms with Gasteiger partial charge in [-0.05, 0) is 33.6 Å². The van der Waals surface area contributed by atoms with Gasteiger partial charge in [-0.15, -0.1) is 0 Å². The van der Waals surface area contributed by atoms with E-state index in [0.717, 1.165) is 6.42 Å². The van der Waals surface area contributed by atoms with Crippen molar-refractivity contribution in [2.75, 3.05) is 20.6 Å². The molecule has 0 aromatic rings. The zero-order chi connectivity index (χ0) is 13.9. The van der Waals surface area contributed by atoms with Gasteiger partial charge in [0.05, 0.1) is 0 Å². The van der Waals surface area contributed by atoms with Crippen LogP contribution in [0.25, 0.3) is 0 Å². The summed E-state index contributed by atoms with van der Waals surface area (Å²) < 4.78 is 5.23. The van der Waals surface area contributed by atoms with Gasteiger partial charge in [0, 0.05) is 32.4 Å². The minimum absolute atomic E-state index is 0.246. The highest BCUT2D eigenvalue weighted by Gasteiger charge is 2.31. The number of likely N-dealkylation sites (tertiary alicyclic amines) is 1. The summed E-state index contributed by atoms with van der Waals surface area (Å²) in [6, 6.07) is 0. The number of hydrogen-bond acceptors (Lipinski definition) is 4. The summed E-state index contributed by atoms with van der Waals surface area (Å²) >= 11 is 0.